The highest BCUT2D eigenvalue weighted by atomic mass is 19.1. The van der Waals surface area contributed by atoms with Crippen molar-refractivity contribution in [3.05, 3.63) is 66.3 Å². The molecule has 5 rings (SSSR count). The zero-order valence-corrected chi connectivity index (χ0v) is 14.0. The number of imidazole rings is 1. The third kappa shape index (κ3) is 2.59. The number of rotatable bonds is 3. The average molecular weight is 337 g/mol. The van der Waals surface area contributed by atoms with Crippen LogP contribution in [-0.2, 0) is 19.5 Å². The van der Waals surface area contributed by atoms with Crippen LogP contribution in [0.3, 0.4) is 0 Å². The number of halogens is 1. The van der Waals surface area contributed by atoms with Gasteiger partial charge in [0.05, 0.1) is 24.7 Å². The molecule has 1 atom stereocenters. The van der Waals surface area contributed by atoms with Gasteiger partial charge in [0.15, 0.2) is 0 Å². The molecular weight excluding hydrogens is 317 g/mol. The monoisotopic (exact) mass is 337 g/mol. The lowest BCUT2D eigenvalue weighted by atomic mass is 9.86. The summed E-state index contributed by atoms with van der Waals surface area (Å²) in [5, 5.41) is 0. The second-order valence-corrected chi connectivity index (χ2v) is 7.37. The van der Waals surface area contributed by atoms with Crippen LogP contribution in [0.15, 0.2) is 53.3 Å². The molecule has 4 nitrogen and oxygen atoms in total. The summed E-state index contributed by atoms with van der Waals surface area (Å²) in [6.45, 7) is 4.03. The molecule has 0 radical (unpaired) electrons. The Kier molecular flexibility index (Phi) is 3.31. The van der Waals surface area contributed by atoms with Gasteiger partial charge < -0.3 is 8.98 Å². The first kappa shape index (κ1) is 14.9. The van der Waals surface area contributed by atoms with E-state index in [9.17, 15) is 4.39 Å². The Balaban J connectivity index is 1.36. The van der Waals surface area contributed by atoms with Crippen LogP contribution in [-0.4, -0.2) is 27.5 Å². The van der Waals surface area contributed by atoms with Crippen molar-refractivity contribution in [2.45, 2.75) is 25.9 Å². The van der Waals surface area contributed by atoms with Gasteiger partial charge in [-0.25, -0.2) is 9.37 Å². The van der Waals surface area contributed by atoms with E-state index in [4.69, 9.17) is 4.42 Å². The Labute approximate surface area is 145 Å². The molecule has 1 spiro atoms. The first-order valence-electron chi connectivity index (χ1n) is 8.76. The standard InChI is InChI=1S/C20H20FN3O/c21-16-5-3-15(4-6-16)18-11-22-19-10-20(14-24(18)19)7-8-23(13-20)12-17-2-1-9-25-17/h1-6,9,11H,7-8,10,12-14H2/t20-/m1/s1. The number of nitrogens with zero attached hydrogens (tertiary/aromatic N) is 3. The quantitative estimate of drug-likeness (QED) is 0.730. The largest absolute Gasteiger partial charge is 0.468 e. The van der Waals surface area contributed by atoms with Crippen LogP contribution in [0.2, 0.25) is 0 Å². The van der Waals surface area contributed by atoms with E-state index in [0.717, 1.165) is 55.4 Å². The third-order valence-corrected chi connectivity index (χ3v) is 5.58. The van der Waals surface area contributed by atoms with Crippen molar-refractivity contribution in [1.82, 2.24) is 14.5 Å². The molecule has 4 heterocycles. The van der Waals surface area contributed by atoms with Crippen LogP contribution < -0.4 is 0 Å². The van der Waals surface area contributed by atoms with E-state index < -0.39 is 0 Å². The first-order chi connectivity index (χ1) is 12.2. The van der Waals surface area contributed by atoms with Crippen molar-refractivity contribution >= 4 is 0 Å². The Morgan fingerprint density at radius 2 is 2.04 bits per heavy atom. The summed E-state index contributed by atoms with van der Waals surface area (Å²) in [6, 6.07) is 10.7. The number of hydrogen-bond acceptors (Lipinski definition) is 3. The molecule has 0 N–H and O–H groups in total. The van der Waals surface area contributed by atoms with Crippen LogP contribution in [0.25, 0.3) is 11.3 Å². The normalized spacial score (nSPS) is 22.8. The smallest absolute Gasteiger partial charge is 0.123 e. The molecule has 25 heavy (non-hydrogen) atoms. The molecule has 0 unspecified atom stereocenters. The summed E-state index contributed by atoms with van der Waals surface area (Å²) in [5.74, 6) is 1.98. The maximum Gasteiger partial charge on any atom is 0.123 e. The maximum atomic E-state index is 13.2. The topological polar surface area (TPSA) is 34.2 Å². The van der Waals surface area contributed by atoms with E-state index in [0.29, 0.717) is 0 Å². The van der Waals surface area contributed by atoms with E-state index >= 15 is 0 Å². The van der Waals surface area contributed by atoms with Crippen LogP contribution in [0, 0.1) is 11.2 Å². The Morgan fingerprint density at radius 3 is 2.84 bits per heavy atom. The highest BCUT2D eigenvalue weighted by Gasteiger charge is 2.44. The molecule has 2 aliphatic rings. The number of aromatic nitrogens is 2. The van der Waals surface area contributed by atoms with E-state index in [2.05, 4.69) is 14.5 Å². The van der Waals surface area contributed by atoms with Gasteiger partial charge in [-0.2, -0.15) is 0 Å². The highest BCUT2D eigenvalue weighted by molar-refractivity contribution is 5.59. The number of likely N-dealkylation sites (tertiary alicyclic amines) is 1. The van der Waals surface area contributed by atoms with Crippen LogP contribution in [0.1, 0.15) is 18.0 Å². The van der Waals surface area contributed by atoms with Gasteiger partial charge in [0, 0.05) is 24.9 Å². The van der Waals surface area contributed by atoms with Gasteiger partial charge in [0.1, 0.15) is 17.4 Å². The van der Waals surface area contributed by atoms with Crippen molar-refractivity contribution in [3.63, 3.8) is 0 Å². The zero-order valence-electron chi connectivity index (χ0n) is 14.0. The van der Waals surface area contributed by atoms with Crippen LogP contribution >= 0.6 is 0 Å². The number of furan rings is 1. The summed E-state index contributed by atoms with van der Waals surface area (Å²) >= 11 is 0. The van der Waals surface area contributed by atoms with Gasteiger partial charge in [-0.15, -0.1) is 0 Å². The van der Waals surface area contributed by atoms with Crippen molar-refractivity contribution in [2.24, 2.45) is 5.41 Å². The first-order valence-corrected chi connectivity index (χ1v) is 8.76. The molecule has 128 valence electrons. The second-order valence-electron chi connectivity index (χ2n) is 7.37. The molecule has 1 saturated heterocycles. The molecular formula is C20H20FN3O. The molecule has 0 amide bonds. The highest BCUT2D eigenvalue weighted by Crippen LogP contribution is 2.42. The van der Waals surface area contributed by atoms with E-state index in [1.807, 2.05) is 30.5 Å². The minimum atomic E-state index is -0.203. The average Bonchev–Trinajstić information content (AvgIpc) is 3.36. The van der Waals surface area contributed by atoms with Gasteiger partial charge in [-0.3, -0.25) is 4.90 Å². The lowest BCUT2D eigenvalue weighted by Gasteiger charge is -2.23. The van der Waals surface area contributed by atoms with Crippen LogP contribution in [0.4, 0.5) is 4.39 Å². The molecule has 5 heteroatoms. The lowest BCUT2D eigenvalue weighted by molar-refractivity contribution is 0.235. The van der Waals surface area contributed by atoms with Crippen molar-refractivity contribution < 1.29 is 8.81 Å². The number of fused-ring (bicyclic) bond motifs is 1. The number of benzene rings is 1. The summed E-state index contributed by atoms with van der Waals surface area (Å²) in [5.41, 5.74) is 2.39. The Bertz CT molecular complexity index is 884. The fraction of sp³-hybridized carbons (Fsp3) is 0.350. The molecule has 0 aliphatic carbocycles. The van der Waals surface area contributed by atoms with E-state index in [1.54, 1.807) is 6.26 Å². The van der Waals surface area contributed by atoms with Crippen molar-refractivity contribution in [1.29, 1.82) is 0 Å². The summed E-state index contributed by atoms with van der Waals surface area (Å²) in [7, 11) is 0. The molecule has 2 aliphatic heterocycles. The van der Waals surface area contributed by atoms with Gasteiger partial charge in [0.25, 0.3) is 0 Å². The molecule has 1 fully saturated rings. The van der Waals surface area contributed by atoms with Gasteiger partial charge >= 0.3 is 0 Å². The van der Waals surface area contributed by atoms with Gasteiger partial charge in [-0.05, 0) is 54.9 Å². The number of hydrogen-bond donors (Lipinski definition) is 0. The van der Waals surface area contributed by atoms with Crippen molar-refractivity contribution in [3.8, 4) is 11.3 Å². The second kappa shape index (κ2) is 5.56. The minimum Gasteiger partial charge on any atom is -0.468 e. The van der Waals surface area contributed by atoms with E-state index in [1.165, 1.54) is 18.6 Å². The predicted octanol–water partition coefficient (Wildman–Crippen LogP) is 3.73. The molecule has 1 aromatic carbocycles. The summed E-state index contributed by atoms with van der Waals surface area (Å²) in [4.78, 5) is 7.12. The maximum absolute atomic E-state index is 13.2. The molecule has 2 aromatic heterocycles. The lowest BCUT2D eigenvalue weighted by Crippen LogP contribution is -2.28. The summed E-state index contributed by atoms with van der Waals surface area (Å²) < 4.78 is 21.0. The van der Waals surface area contributed by atoms with Gasteiger partial charge in [0.2, 0.25) is 0 Å². The van der Waals surface area contributed by atoms with Crippen LogP contribution in [0.5, 0.6) is 0 Å². The van der Waals surface area contributed by atoms with Gasteiger partial charge in [-0.1, -0.05) is 0 Å². The Morgan fingerprint density at radius 1 is 1.16 bits per heavy atom. The fourth-order valence-corrected chi connectivity index (χ4v) is 4.37. The van der Waals surface area contributed by atoms with E-state index in [-0.39, 0.29) is 11.2 Å². The SMILES string of the molecule is Fc1ccc(-c2cnc3n2C[C@]2(CCN(Cc4ccco4)C2)C3)cc1. The predicted molar refractivity (Wildman–Crippen MR) is 92.4 cm³/mol. The zero-order chi connectivity index (χ0) is 16.9. The summed E-state index contributed by atoms with van der Waals surface area (Å²) in [6.07, 6.45) is 5.86. The fourth-order valence-electron chi connectivity index (χ4n) is 4.37. The Hall–Kier alpha value is -2.40. The molecule has 0 saturated carbocycles. The molecule has 3 aromatic rings. The van der Waals surface area contributed by atoms with Crippen molar-refractivity contribution in [2.75, 3.05) is 13.1 Å². The molecule has 0 bridgehead atoms. The third-order valence-electron chi connectivity index (χ3n) is 5.58. The minimum absolute atomic E-state index is 0.203.